The number of fused-ring (bicyclic) bond motifs is 5. The molecule has 0 aromatic rings. The van der Waals surface area contributed by atoms with Gasteiger partial charge in [0.1, 0.15) is 6.67 Å². The largest absolute Gasteiger partial charge is 0.417 e. The summed E-state index contributed by atoms with van der Waals surface area (Å²) in [4.78, 5) is 0. The van der Waals surface area contributed by atoms with Gasteiger partial charge in [-0.3, -0.25) is 0 Å². The molecule has 0 N–H and O–H groups in total. The number of hydrogen-bond donors (Lipinski definition) is 0. The van der Waals surface area contributed by atoms with E-state index in [2.05, 4.69) is 20.8 Å². The molecule has 0 saturated heterocycles. The molecule has 0 unspecified atom stereocenters. The molecule has 2 nitrogen and oxygen atoms in total. The van der Waals surface area contributed by atoms with Gasteiger partial charge in [-0.25, -0.2) is 4.39 Å². The average Bonchev–Trinajstić information content (AvgIpc) is 3.10. The van der Waals surface area contributed by atoms with Crippen molar-refractivity contribution in [1.82, 2.24) is 0 Å². The van der Waals surface area contributed by atoms with Crippen molar-refractivity contribution in [2.75, 3.05) is 20.9 Å². The monoisotopic (exact) mass is 462 g/mol. The average molecular weight is 463 g/mol. The van der Waals surface area contributed by atoms with Gasteiger partial charge >= 0.3 is 6.18 Å². The second kappa shape index (κ2) is 8.39. The lowest BCUT2D eigenvalue weighted by atomic mass is 9.43. The quantitative estimate of drug-likeness (QED) is 0.402. The maximum atomic E-state index is 13.9. The van der Waals surface area contributed by atoms with Crippen LogP contribution in [-0.2, 0) is 9.47 Å². The smallest absolute Gasteiger partial charge is 0.378 e. The molecule has 0 amide bonds. The zero-order valence-corrected chi connectivity index (χ0v) is 20.4. The third-order valence-corrected chi connectivity index (χ3v) is 11.4. The van der Waals surface area contributed by atoms with Crippen LogP contribution < -0.4 is 0 Å². The predicted molar refractivity (Wildman–Crippen MR) is 117 cm³/mol. The first-order valence-corrected chi connectivity index (χ1v) is 12.7. The lowest BCUT2D eigenvalue weighted by molar-refractivity contribution is -0.299. The molecule has 0 aromatic carbocycles. The first kappa shape index (κ1) is 24.8. The number of halogens is 4. The molecule has 0 radical (unpaired) electrons. The summed E-state index contributed by atoms with van der Waals surface area (Å²) in [5.74, 6) is 2.39. The van der Waals surface area contributed by atoms with Gasteiger partial charge in [-0.15, -0.1) is 0 Å². The molecule has 4 aliphatic rings. The van der Waals surface area contributed by atoms with Gasteiger partial charge in [-0.05, 0) is 104 Å². The van der Waals surface area contributed by atoms with Crippen molar-refractivity contribution in [2.45, 2.75) is 96.4 Å². The number of rotatable bonds is 5. The molecule has 6 heteroatoms. The van der Waals surface area contributed by atoms with Crippen LogP contribution in [0.25, 0.3) is 0 Å². The second-order valence-corrected chi connectivity index (χ2v) is 12.1. The third kappa shape index (κ3) is 3.48. The molecular weight excluding hydrogens is 420 g/mol. The minimum atomic E-state index is -4.31. The van der Waals surface area contributed by atoms with Crippen molar-refractivity contribution in [1.29, 1.82) is 0 Å². The highest BCUT2D eigenvalue weighted by Crippen LogP contribution is 2.69. The lowest BCUT2D eigenvalue weighted by Crippen LogP contribution is -2.59. The summed E-state index contributed by atoms with van der Waals surface area (Å²) in [5.41, 5.74) is -1.81. The van der Waals surface area contributed by atoms with E-state index < -0.39 is 18.5 Å². The van der Waals surface area contributed by atoms with Crippen molar-refractivity contribution >= 4 is 0 Å². The van der Waals surface area contributed by atoms with Gasteiger partial charge in [-0.2, -0.15) is 13.2 Å². The van der Waals surface area contributed by atoms with Crippen molar-refractivity contribution in [2.24, 2.45) is 46.3 Å². The minimum absolute atomic E-state index is 0.0325. The van der Waals surface area contributed by atoms with E-state index >= 15 is 0 Å². The van der Waals surface area contributed by atoms with Crippen LogP contribution in [0, 0.1) is 46.3 Å². The molecule has 4 saturated carbocycles. The molecular formula is C26H42F4O2. The van der Waals surface area contributed by atoms with E-state index in [4.69, 9.17) is 9.47 Å². The van der Waals surface area contributed by atoms with E-state index in [1.165, 1.54) is 13.5 Å². The topological polar surface area (TPSA) is 18.5 Å². The van der Waals surface area contributed by atoms with E-state index in [1.54, 1.807) is 7.11 Å². The first-order valence-electron chi connectivity index (χ1n) is 12.7. The maximum Gasteiger partial charge on any atom is 0.417 e. The molecule has 0 heterocycles. The Kier molecular flexibility index (Phi) is 6.49. The fourth-order valence-corrected chi connectivity index (χ4v) is 9.37. The summed E-state index contributed by atoms with van der Waals surface area (Å²) in [6, 6.07) is 0. The van der Waals surface area contributed by atoms with Crippen LogP contribution in [0.4, 0.5) is 17.6 Å². The van der Waals surface area contributed by atoms with Crippen LogP contribution in [0.15, 0.2) is 0 Å². The zero-order chi connectivity index (χ0) is 23.5. The summed E-state index contributed by atoms with van der Waals surface area (Å²) in [5, 5.41) is 0. The Morgan fingerprint density at radius 3 is 2.19 bits per heavy atom. The molecule has 4 fully saturated rings. The molecule has 10 atom stereocenters. The maximum absolute atomic E-state index is 13.9. The number of alkyl halides is 4. The fourth-order valence-electron chi connectivity index (χ4n) is 9.37. The number of hydrogen-bond acceptors (Lipinski definition) is 2. The van der Waals surface area contributed by atoms with Gasteiger partial charge in [-0.1, -0.05) is 20.8 Å². The minimum Gasteiger partial charge on any atom is -0.378 e. The standard InChI is InChI=1S/C26H42F4O2/c1-16(22(15-27)31-4)19-8-9-20-18-7-6-17-14-25(32-5,26(28,29)30)13-12-23(17,2)21(18)10-11-24(19,20)3/h16-22H,6-15H2,1-5H3/t16-,17+,18-,19+,20-,21-,22+,23-,24+,25+/m0/s1. The third-order valence-electron chi connectivity index (χ3n) is 11.4. The van der Waals surface area contributed by atoms with Crippen LogP contribution in [0.2, 0.25) is 0 Å². The first-order chi connectivity index (χ1) is 15.0. The Morgan fingerprint density at radius 2 is 1.59 bits per heavy atom. The zero-order valence-electron chi connectivity index (χ0n) is 20.4. The molecule has 32 heavy (non-hydrogen) atoms. The van der Waals surface area contributed by atoms with E-state index in [1.807, 2.05) is 0 Å². The molecule has 0 aliphatic heterocycles. The Labute approximate surface area is 191 Å². The van der Waals surface area contributed by atoms with Crippen molar-refractivity contribution in [3.8, 4) is 0 Å². The normalized spacial score (nSPS) is 48.5. The Bertz CT molecular complexity index is 679. The predicted octanol–water partition coefficient (Wildman–Crippen LogP) is 7.21. The Balaban J connectivity index is 1.55. The lowest BCUT2D eigenvalue weighted by Gasteiger charge is -2.62. The van der Waals surface area contributed by atoms with Crippen LogP contribution in [0.3, 0.4) is 0 Å². The van der Waals surface area contributed by atoms with E-state index in [0.29, 0.717) is 30.1 Å². The highest BCUT2D eigenvalue weighted by Gasteiger charge is 2.66. The Hall–Kier alpha value is -0.360. The van der Waals surface area contributed by atoms with Crippen molar-refractivity contribution in [3.63, 3.8) is 0 Å². The molecule has 4 aliphatic carbocycles. The summed E-state index contributed by atoms with van der Waals surface area (Å²) < 4.78 is 66.0. The highest BCUT2D eigenvalue weighted by molar-refractivity contribution is 5.12. The van der Waals surface area contributed by atoms with Gasteiger partial charge in [0, 0.05) is 14.2 Å². The molecule has 0 aromatic heterocycles. The Morgan fingerprint density at radius 1 is 0.906 bits per heavy atom. The van der Waals surface area contributed by atoms with Crippen LogP contribution in [0.5, 0.6) is 0 Å². The molecule has 4 rings (SSSR count). The summed E-state index contributed by atoms with van der Waals surface area (Å²) in [6.07, 6.45) is 2.52. The van der Waals surface area contributed by atoms with Crippen LogP contribution in [0.1, 0.15) is 78.6 Å². The van der Waals surface area contributed by atoms with Crippen molar-refractivity contribution in [3.05, 3.63) is 0 Å². The summed E-state index contributed by atoms with van der Waals surface area (Å²) in [7, 11) is 2.84. The highest BCUT2D eigenvalue weighted by atomic mass is 19.4. The number of ether oxygens (including phenoxy) is 2. The summed E-state index contributed by atoms with van der Waals surface area (Å²) in [6.45, 7) is 6.41. The SMILES string of the molecule is CO[C@H](CF)[C@@H](C)[C@H]1CC[C@H]2[C@@H]3CC[C@@H]4C[C@@](OC)(C(F)(F)F)CC[C@]4(C)[C@H]3CC[C@]12C. The number of methoxy groups -OCH3 is 2. The van der Waals surface area contributed by atoms with Crippen LogP contribution >= 0.6 is 0 Å². The molecule has 0 bridgehead atoms. The van der Waals surface area contributed by atoms with Gasteiger partial charge in [0.2, 0.25) is 0 Å². The van der Waals surface area contributed by atoms with Gasteiger partial charge < -0.3 is 9.47 Å². The fraction of sp³-hybridized carbons (Fsp3) is 1.00. The molecule has 186 valence electrons. The summed E-state index contributed by atoms with van der Waals surface area (Å²) >= 11 is 0. The van der Waals surface area contributed by atoms with Crippen LogP contribution in [-0.4, -0.2) is 38.8 Å². The van der Waals surface area contributed by atoms with Gasteiger partial charge in [0.15, 0.2) is 5.60 Å². The van der Waals surface area contributed by atoms with Crippen molar-refractivity contribution < 1.29 is 27.0 Å². The second-order valence-electron chi connectivity index (χ2n) is 12.1. The van der Waals surface area contributed by atoms with E-state index in [-0.39, 0.29) is 41.6 Å². The van der Waals surface area contributed by atoms with E-state index in [9.17, 15) is 17.6 Å². The van der Waals surface area contributed by atoms with Gasteiger partial charge in [0.25, 0.3) is 0 Å². The molecule has 0 spiro atoms. The van der Waals surface area contributed by atoms with E-state index in [0.717, 1.165) is 32.1 Å². The van der Waals surface area contributed by atoms with Gasteiger partial charge in [0.05, 0.1) is 6.10 Å².